The van der Waals surface area contributed by atoms with E-state index in [2.05, 4.69) is 41.5 Å². The smallest absolute Gasteiger partial charge is 0.269 e. The molecule has 0 bridgehead atoms. The molecular formula is C14H18N4O. The average molecular weight is 258 g/mol. The number of hydrogen-bond donors (Lipinski definition) is 3. The van der Waals surface area contributed by atoms with E-state index in [-0.39, 0.29) is 11.3 Å². The molecule has 0 aliphatic rings. The van der Waals surface area contributed by atoms with Crippen molar-refractivity contribution in [2.24, 2.45) is 0 Å². The molecule has 2 rings (SSSR count). The minimum atomic E-state index is -0.201. The Hall–Kier alpha value is -2.30. The Kier molecular flexibility index (Phi) is 3.55. The van der Waals surface area contributed by atoms with Crippen LogP contribution in [0.25, 0.3) is 0 Å². The summed E-state index contributed by atoms with van der Waals surface area (Å²) in [6.07, 6.45) is 0. The third-order valence-electron chi connectivity index (χ3n) is 3.09. The molecule has 0 saturated carbocycles. The van der Waals surface area contributed by atoms with Crippen molar-refractivity contribution in [3.05, 3.63) is 47.7 Å². The van der Waals surface area contributed by atoms with Crippen molar-refractivity contribution in [1.82, 2.24) is 15.5 Å². The van der Waals surface area contributed by atoms with Crippen LogP contribution >= 0.6 is 0 Å². The first-order chi connectivity index (χ1) is 8.99. The van der Waals surface area contributed by atoms with Gasteiger partial charge in [0.05, 0.1) is 0 Å². The average Bonchev–Trinajstić information content (AvgIpc) is 2.84. The van der Waals surface area contributed by atoms with E-state index >= 15 is 0 Å². The number of H-pyrrole nitrogens is 1. The van der Waals surface area contributed by atoms with Crippen molar-refractivity contribution in [2.75, 3.05) is 12.3 Å². The molecule has 5 heteroatoms. The second-order valence-corrected chi connectivity index (χ2v) is 5.14. The van der Waals surface area contributed by atoms with Gasteiger partial charge in [0, 0.05) is 18.0 Å². The zero-order valence-corrected chi connectivity index (χ0v) is 11.1. The molecule has 4 N–H and O–H groups in total. The van der Waals surface area contributed by atoms with Gasteiger partial charge in [-0.2, -0.15) is 5.10 Å². The Bertz CT molecular complexity index is 560. The number of aromatic amines is 1. The lowest BCUT2D eigenvalue weighted by atomic mass is 9.84. The van der Waals surface area contributed by atoms with Gasteiger partial charge in [0.15, 0.2) is 0 Å². The van der Waals surface area contributed by atoms with Crippen LogP contribution in [-0.4, -0.2) is 22.6 Å². The molecule has 1 aromatic carbocycles. The Labute approximate surface area is 112 Å². The molecule has 0 atom stereocenters. The second-order valence-electron chi connectivity index (χ2n) is 5.14. The van der Waals surface area contributed by atoms with Crippen molar-refractivity contribution in [2.45, 2.75) is 19.3 Å². The molecule has 0 saturated heterocycles. The molecule has 100 valence electrons. The number of nitrogens with one attached hydrogen (secondary N) is 2. The van der Waals surface area contributed by atoms with Crippen LogP contribution in [0, 0.1) is 0 Å². The van der Waals surface area contributed by atoms with E-state index in [1.54, 1.807) is 0 Å². The van der Waals surface area contributed by atoms with Crippen molar-refractivity contribution in [1.29, 1.82) is 0 Å². The number of rotatable bonds is 4. The third kappa shape index (κ3) is 3.13. The van der Waals surface area contributed by atoms with Crippen molar-refractivity contribution in [3.8, 4) is 0 Å². The minimum Gasteiger partial charge on any atom is -0.382 e. The number of anilines is 1. The molecule has 0 spiro atoms. The fourth-order valence-electron chi connectivity index (χ4n) is 1.84. The Morgan fingerprint density at radius 1 is 1.37 bits per heavy atom. The number of nitrogen functional groups attached to an aromatic ring is 1. The monoisotopic (exact) mass is 258 g/mol. The van der Waals surface area contributed by atoms with Crippen LogP contribution in [0.1, 0.15) is 29.9 Å². The van der Waals surface area contributed by atoms with Crippen LogP contribution in [-0.2, 0) is 5.41 Å². The molecule has 1 aromatic heterocycles. The zero-order valence-electron chi connectivity index (χ0n) is 11.1. The number of nitrogens with zero attached hydrogens (tertiary/aromatic N) is 1. The van der Waals surface area contributed by atoms with E-state index < -0.39 is 0 Å². The maximum atomic E-state index is 11.9. The topological polar surface area (TPSA) is 83.8 Å². The predicted molar refractivity (Wildman–Crippen MR) is 74.8 cm³/mol. The van der Waals surface area contributed by atoms with Gasteiger partial charge in [0.1, 0.15) is 11.5 Å². The highest BCUT2D eigenvalue weighted by Gasteiger charge is 2.21. The van der Waals surface area contributed by atoms with E-state index in [1.165, 1.54) is 11.6 Å². The summed E-state index contributed by atoms with van der Waals surface area (Å²) in [4.78, 5) is 11.9. The molecule has 0 radical (unpaired) electrons. The lowest BCUT2D eigenvalue weighted by molar-refractivity contribution is 0.0940. The number of carbonyl (C=O) groups excluding carboxylic acids is 1. The van der Waals surface area contributed by atoms with Gasteiger partial charge in [-0.3, -0.25) is 9.89 Å². The van der Waals surface area contributed by atoms with Gasteiger partial charge in [-0.15, -0.1) is 0 Å². The normalized spacial score (nSPS) is 11.3. The first kappa shape index (κ1) is 13.1. The Morgan fingerprint density at radius 3 is 2.63 bits per heavy atom. The Balaban J connectivity index is 2.00. The van der Waals surface area contributed by atoms with Gasteiger partial charge in [-0.1, -0.05) is 44.2 Å². The molecule has 2 aromatic rings. The van der Waals surface area contributed by atoms with Gasteiger partial charge < -0.3 is 11.1 Å². The van der Waals surface area contributed by atoms with Crippen LogP contribution in [0.3, 0.4) is 0 Å². The summed E-state index contributed by atoms with van der Waals surface area (Å²) in [5.41, 5.74) is 6.89. The highest BCUT2D eigenvalue weighted by molar-refractivity contribution is 5.92. The lowest BCUT2D eigenvalue weighted by Crippen LogP contribution is -2.36. The van der Waals surface area contributed by atoms with Crippen LogP contribution in [0.5, 0.6) is 0 Å². The molecule has 0 unspecified atom stereocenters. The molecule has 19 heavy (non-hydrogen) atoms. The van der Waals surface area contributed by atoms with E-state index in [1.807, 2.05) is 18.2 Å². The van der Waals surface area contributed by atoms with Crippen LogP contribution in [0.2, 0.25) is 0 Å². The van der Waals surface area contributed by atoms with Gasteiger partial charge in [-0.25, -0.2) is 0 Å². The maximum absolute atomic E-state index is 11.9. The number of amides is 1. The summed E-state index contributed by atoms with van der Waals surface area (Å²) in [5, 5.41) is 9.21. The fraction of sp³-hybridized carbons (Fsp3) is 0.286. The van der Waals surface area contributed by atoms with Crippen LogP contribution in [0.15, 0.2) is 36.4 Å². The standard InChI is InChI=1S/C14H18N4O/c1-14(2,10-6-4-3-5-7-10)9-16-13(19)11-8-12(15)18-17-11/h3-8H,9H2,1-2H3,(H,16,19)(H3,15,17,18). The first-order valence-electron chi connectivity index (χ1n) is 6.14. The first-order valence-corrected chi connectivity index (χ1v) is 6.14. The molecule has 5 nitrogen and oxygen atoms in total. The number of carbonyl (C=O) groups is 1. The van der Waals surface area contributed by atoms with Crippen molar-refractivity contribution in [3.63, 3.8) is 0 Å². The molecule has 0 aliphatic carbocycles. The maximum Gasteiger partial charge on any atom is 0.269 e. The third-order valence-corrected chi connectivity index (χ3v) is 3.09. The van der Waals surface area contributed by atoms with Gasteiger partial charge in [0.25, 0.3) is 5.91 Å². The number of benzene rings is 1. The fourth-order valence-corrected chi connectivity index (χ4v) is 1.84. The number of hydrogen-bond acceptors (Lipinski definition) is 3. The van der Waals surface area contributed by atoms with Gasteiger partial charge in [-0.05, 0) is 5.56 Å². The van der Waals surface area contributed by atoms with Crippen molar-refractivity contribution >= 4 is 11.7 Å². The minimum absolute atomic E-state index is 0.136. The summed E-state index contributed by atoms with van der Waals surface area (Å²) in [7, 11) is 0. The predicted octanol–water partition coefficient (Wildman–Crippen LogP) is 1.70. The highest BCUT2D eigenvalue weighted by Crippen LogP contribution is 2.21. The molecule has 1 heterocycles. The van der Waals surface area contributed by atoms with Crippen LogP contribution < -0.4 is 11.1 Å². The van der Waals surface area contributed by atoms with Gasteiger partial charge >= 0.3 is 0 Å². The van der Waals surface area contributed by atoms with E-state index in [4.69, 9.17) is 5.73 Å². The van der Waals surface area contributed by atoms with E-state index in [0.717, 1.165) is 0 Å². The summed E-state index contributed by atoms with van der Waals surface area (Å²) in [6.45, 7) is 4.71. The quantitative estimate of drug-likeness (QED) is 0.780. The summed E-state index contributed by atoms with van der Waals surface area (Å²) < 4.78 is 0. The summed E-state index contributed by atoms with van der Waals surface area (Å²) in [6, 6.07) is 11.6. The largest absolute Gasteiger partial charge is 0.382 e. The van der Waals surface area contributed by atoms with Gasteiger partial charge in [0.2, 0.25) is 0 Å². The SMILES string of the molecule is CC(C)(CNC(=O)c1cc(N)n[nH]1)c1ccccc1. The lowest BCUT2D eigenvalue weighted by Gasteiger charge is -2.25. The highest BCUT2D eigenvalue weighted by atomic mass is 16.1. The number of nitrogens with two attached hydrogens (primary N) is 1. The van der Waals surface area contributed by atoms with Crippen molar-refractivity contribution < 1.29 is 4.79 Å². The molecule has 0 aliphatic heterocycles. The molecule has 0 fully saturated rings. The van der Waals surface area contributed by atoms with E-state index in [0.29, 0.717) is 18.1 Å². The summed E-state index contributed by atoms with van der Waals surface area (Å²) >= 11 is 0. The van der Waals surface area contributed by atoms with Crippen LogP contribution in [0.4, 0.5) is 5.82 Å². The van der Waals surface area contributed by atoms with E-state index in [9.17, 15) is 4.79 Å². The molecule has 1 amide bonds. The zero-order chi connectivity index (χ0) is 13.9. The Morgan fingerprint density at radius 2 is 2.05 bits per heavy atom. The summed E-state index contributed by atoms with van der Waals surface area (Å²) in [5.74, 6) is 0.112. The second kappa shape index (κ2) is 5.14. The number of aromatic nitrogens is 2. The molecular weight excluding hydrogens is 240 g/mol.